The number of hydrazine groups is 1. The number of methoxy groups -OCH3 is 1. The number of esters is 1. The van der Waals surface area contributed by atoms with Crippen molar-refractivity contribution in [2.75, 3.05) is 18.7 Å². The largest absolute Gasteiger partial charge is 0.497 e. The molecule has 0 fully saturated rings. The molecule has 0 unspecified atom stereocenters. The molecule has 0 bridgehead atoms. The minimum absolute atomic E-state index is 0.123. The van der Waals surface area contributed by atoms with E-state index < -0.39 is 5.97 Å². The Kier molecular flexibility index (Phi) is 4.51. The molecule has 0 spiro atoms. The summed E-state index contributed by atoms with van der Waals surface area (Å²) in [6.07, 6.45) is 1.68. The van der Waals surface area contributed by atoms with Crippen molar-refractivity contribution in [2.24, 2.45) is 11.6 Å². The summed E-state index contributed by atoms with van der Waals surface area (Å²) in [6, 6.07) is 7.33. The molecule has 9 heteroatoms. The van der Waals surface area contributed by atoms with Gasteiger partial charge in [0.15, 0.2) is 5.69 Å². The summed E-state index contributed by atoms with van der Waals surface area (Å²) >= 11 is 0. The zero-order valence-electron chi connectivity index (χ0n) is 14.4. The van der Waals surface area contributed by atoms with Gasteiger partial charge < -0.3 is 15.2 Å². The van der Waals surface area contributed by atoms with Gasteiger partial charge in [-0.2, -0.15) is 5.26 Å². The van der Waals surface area contributed by atoms with Gasteiger partial charge in [-0.05, 0) is 19.1 Å². The van der Waals surface area contributed by atoms with Crippen molar-refractivity contribution in [1.82, 2.24) is 9.55 Å². The maximum Gasteiger partial charge on any atom is 0.356 e. The SMILES string of the molecule is CCOC(=O)/C(N)=C1\Cc2c(C#N)ncn2-c2ccc(OC)cc2N1N. The highest BCUT2D eigenvalue weighted by Gasteiger charge is 2.28. The highest BCUT2D eigenvalue weighted by molar-refractivity contribution is 5.89. The molecule has 3 rings (SSSR count). The summed E-state index contributed by atoms with van der Waals surface area (Å²) in [5.41, 5.74) is 8.26. The van der Waals surface area contributed by atoms with Crippen LogP contribution in [0.5, 0.6) is 5.75 Å². The van der Waals surface area contributed by atoms with Crippen molar-refractivity contribution in [3.63, 3.8) is 0 Å². The van der Waals surface area contributed by atoms with Crippen LogP contribution < -0.4 is 21.3 Å². The molecule has 2 aromatic rings. The van der Waals surface area contributed by atoms with E-state index in [0.717, 1.165) is 0 Å². The van der Waals surface area contributed by atoms with Gasteiger partial charge in [0.1, 0.15) is 23.8 Å². The molecule has 0 saturated heterocycles. The Hall–Kier alpha value is -3.51. The summed E-state index contributed by atoms with van der Waals surface area (Å²) in [4.78, 5) is 16.3. The van der Waals surface area contributed by atoms with E-state index in [-0.39, 0.29) is 24.4 Å². The number of aromatic nitrogens is 2. The monoisotopic (exact) mass is 354 g/mol. The number of fused-ring (bicyclic) bond motifs is 3. The molecule has 1 aliphatic heterocycles. The van der Waals surface area contributed by atoms with E-state index in [1.54, 1.807) is 36.8 Å². The molecule has 4 N–H and O–H groups in total. The molecule has 2 heterocycles. The second kappa shape index (κ2) is 6.78. The van der Waals surface area contributed by atoms with Gasteiger partial charge in [0.05, 0.1) is 36.5 Å². The minimum atomic E-state index is -0.672. The number of imidazole rings is 1. The van der Waals surface area contributed by atoms with Gasteiger partial charge in [0, 0.05) is 12.5 Å². The number of ether oxygens (including phenoxy) is 2. The van der Waals surface area contributed by atoms with Gasteiger partial charge in [-0.25, -0.2) is 15.6 Å². The molecule has 1 aliphatic rings. The quantitative estimate of drug-likeness (QED) is 0.468. The minimum Gasteiger partial charge on any atom is -0.497 e. The van der Waals surface area contributed by atoms with Crippen LogP contribution in [0, 0.1) is 11.3 Å². The van der Waals surface area contributed by atoms with Crippen LogP contribution in [0.2, 0.25) is 0 Å². The third-order valence-electron chi connectivity index (χ3n) is 4.11. The van der Waals surface area contributed by atoms with Crippen molar-refractivity contribution < 1.29 is 14.3 Å². The van der Waals surface area contributed by atoms with Crippen molar-refractivity contribution in [3.8, 4) is 17.5 Å². The lowest BCUT2D eigenvalue weighted by Gasteiger charge is -2.23. The van der Waals surface area contributed by atoms with E-state index in [9.17, 15) is 10.1 Å². The van der Waals surface area contributed by atoms with Crippen molar-refractivity contribution in [3.05, 3.63) is 47.3 Å². The van der Waals surface area contributed by atoms with Crippen molar-refractivity contribution in [1.29, 1.82) is 5.26 Å². The summed E-state index contributed by atoms with van der Waals surface area (Å²) < 4.78 is 12.0. The number of hydrogen-bond acceptors (Lipinski definition) is 8. The van der Waals surface area contributed by atoms with E-state index >= 15 is 0 Å². The van der Waals surface area contributed by atoms with E-state index in [1.165, 1.54) is 11.3 Å². The van der Waals surface area contributed by atoms with Crippen molar-refractivity contribution >= 4 is 11.7 Å². The van der Waals surface area contributed by atoms with E-state index in [1.807, 2.05) is 6.07 Å². The second-order valence-corrected chi connectivity index (χ2v) is 5.50. The molecule has 1 aromatic heterocycles. The Morgan fingerprint density at radius 1 is 1.42 bits per heavy atom. The van der Waals surface area contributed by atoms with Crippen LogP contribution >= 0.6 is 0 Å². The van der Waals surface area contributed by atoms with Crippen LogP contribution in [-0.4, -0.2) is 29.2 Å². The summed E-state index contributed by atoms with van der Waals surface area (Å²) in [5.74, 6) is 6.20. The summed E-state index contributed by atoms with van der Waals surface area (Å²) in [7, 11) is 1.54. The zero-order chi connectivity index (χ0) is 18.8. The van der Waals surface area contributed by atoms with Crippen LogP contribution in [0.1, 0.15) is 18.3 Å². The summed E-state index contributed by atoms with van der Waals surface area (Å²) in [6.45, 7) is 1.87. The Labute approximate surface area is 150 Å². The first kappa shape index (κ1) is 17.3. The first-order chi connectivity index (χ1) is 12.5. The molecule has 0 saturated carbocycles. The average molecular weight is 354 g/mol. The van der Waals surface area contributed by atoms with Crippen LogP contribution in [-0.2, 0) is 16.0 Å². The Morgan fingerprint density at radius 2 is 2.19 bits per heavy atom. The van der Waals surface area contributed by atoms with Gasteiger partial charge in [-0.3, -0.25) is 9.58 Å². The molecule has 1 aromatic carbocycles. The number of nitriles is 1. The number of benzene rings is 1. The molecule has 0 aliphatic carbocycles. The Morgan fingerprint density at radius 3 is 2.85 bits per heavy atom. The number of nitrogens with two attached hydrogens (primary N) is 2. The molecular weight excluding hydrogens is 336 g/mol. The fourth-order valence-corrected chi connectivity index (χ4v) is 2.81. The van der Waals surface area contributed by atoms with Crippen LogP contribution in [0.3, 0.4) is 0 Å². The molecule has 9 nitrogen and oxygen atoms in total. The first-order valence-corrected chi connectivity index (χ1v) is 7.87. The number of anilines is 1. The average Bonchev–Trinajstić information content (AvgIpc) is 3.02. The second-order valence-electron chi connectivity index (χ2n) is 5.50. The highest BCUT2D eigenvalue weighted by Crippen LogP contribution is 2.35. The fourth-order valence-electron chi connectivity index (χ4n) is 2.81. The Balaban J connectivity index is 2.27. The number of rotatable bonds is 3. The number of hydrogen-bond donors (Lipinski definition) is 2. The van der Waals surface area contributed by atoms with Crippen LogP contribution in [0.25, 0.3) is 5.69 Å². The molecule has 0 atom stereocenters. The third kappa shape index (κ3) is 2.72. The van der Waals surface area contributed by atoms with Crippen LogP contribution in [0.15, 0.2) is 35.9 Å². The molecule has 0 amide bonds. The Bertz CT molecular complexity index is 940. The zero-order valence-corrected chi connectivity index (χ0v) is 14.4. The van der Waals surface area contributed by atoms with E-state index in [4.69, 9.17) is 21.1 Å². The van der Waals surface area contributed by atoms with E-state index in [2.05, 4.69) is 4.98 Å². The number of nitrogens with zero attached hydrogens (tertiary/aromatic N) is 4. The topological polar surface area (TPSA) is 132 Å². The standard InChI is InChI=1S/C17H18N6O3/c1-3-26-17(24)16(19)15-7-13-11(8-18)21-9-22(13)12-5-4-10(25-2)6-14(12)23(15)20/h4-6,9H,3,7,19-20H2,1-2H3/b16-15-. The van der Waals surface area contributed by atoms with Crippen molar-refractivity contribution in [2.45, 2.75) is 13.3 Å². The van der Waals surface area contributed by atoms with Crippen LogP contribution in [0.4, 0.5) is 5.69 Å². The lowest BCUT2D eigenvalue weighted by molar-refractivity contribution is -0.138. The number of carbonyl (C=O) groups excluding carboxylic acids is 1. The predicted octanol–water partition coefficient (Wildman–Crippen LogP) is 0.722. The lowest BCUT2D eigenvalue weighted by atomic mass is 10.1. The normalized spacial score (nSPS) is 14.6. The molecule has 134 valence electrons. The van der Waals surface area contributed by atoms with Gasteiger partial charge >= 0.3 is 5.97 Å². The maximum atomic E-state index is 12.1. The third-order valence-corrected chi connectivity index (χ3v) is 4.11. The van der Waals surface area contributed by atoms with Gasteiger partial charge in [-0.1, -0.05) is 0 Å². The van der Waals surface area contributed by atoms with Gasteiger partial charge in [-0.15, -0.1) is 0 Å². The summed E-state index contributed by atoms with van der Waals surface area (Å²) in [5, 5.41) is 10.7. The molecule has 26 heavy (non-hydrogen) atoms. The maximum absolute atomic E-state index is 12.1. The first-order valence-electron chi connectivity index (χ1n) is 7.87. The smallest absolute Gasteiger partial charge is 0.356 e. The predicted molar refractivity (Wildman–Crippen MR) is 93.0 cm³/mol. The van der Waals surface area contributed by atoms with Gasteiger partial charge in [0.25, 0.3) is 0 Å². The lowest BCUT2D eigenvalue weighted by Crippen LogP contribution is -2.35. The number of allylic oxidation sites excluding steroid dienone is 1. The van der Waals surface area contributed by atoms with E-state index in [0.29, 0.717) is 28.5 Å². The molecular formula is C17H18N6O3. The fraction of sp³-hybridized carbons (Fsp3) is 0.235. The number of carbonyl (C=O) groups is 1. The molecule has 0 radical (unpaired) electrons. The van der Waals surface area contributed by atoms with Gasteiger partial charge in [0.2, 0.25) is 0 Å². The highest BCUT2D eigenvalue weighted by atomic mass is 16.5.